The predicted octanol–water partition coefficient (Wildman–Crippen LogP) is 4.15. The van der Waals surface area contributed by atoms with Crippen molar-refractivity contribution in [2.75, 3.05) is 12.8 Å². The van der Waals surface area contributed by atoms with Gasteiger partial charge in [-0.2, -0.15) is 0 Å². The molecule has 2 nitrogen and oxygen atoms in total. The number of fused-ring (bicyclic) bond motifs is 1. The molecule has 1 aliphatic rings. The Bertz CT molecular complexity index is 600. The van der Waals surface area contributed by atoms with Gasteiger partial charge in [0.25, 0.3) is 0 Å². The molecule has 0 bridgehead atoms. The minimum Gasteiger partial charge on any atom is -0.315 e. The third-order valence-electron chi connectivity index (χ3n) is 4.10. The molecule has 1 N–H and O–H groups in total. The van der Waals surface area contributed by atoms with Crippen LogP contribution in [0.5, 0.6) is 0 Å². The van der Waals surface area contributed by atoms with Gasteiger partial charge in [0.1, 0.15) is 0 Å². The fourth-order valence-electron chi connectivity index (χ4n) is 2.95. The molecule has 3 rings (SSSR count). The smallest absolute Gasteiger partial charge is 0.0482 e. The standard InChI is InChI=1S/C17H19ClN2S/c1-19-16(11-21-14-7-5-13(18)6-8-14)15-9-4-12-3-2-10-20-17(12)15/h2-3,5-8,10,15-16,19H,4,9,11H2,1H3. The van der Waals surface area contributed by atoms with Gasteiger partial charge in [0.15, 0.2) is 0 Å². The van der Waals surface area contributed by atoms with Crippen LogP contribution in [0.1, 0.15) is 23.6 Å². The second-order valence-corrected chi connectivity index (χ2v) is 6.88. The number of hydrogen-bond donors (Lipinski definition) is 1. The zero-order valence-electron chi connectivity index (χ0n) is 12.1. The molecule has 2 aromatic rings. The number of aromatic nitrogens is 1. The van der Waals surface area contributed by atoms with E-state index in [0.29, 0.717) is 12.0 Å². The van der Waals surface area contributed by atoms with E-state index < -0.39 is 0 Å². The summed E-state index contributed by atoms with van der Waals surface area (Å²) in [6.45, 7) is 0. The maximum Gasteiger partial charge on any atom is 0.0482 e. The Morgan fingerprint density at radius 1 is 1.33 bits per heavy atom. The summed E-state index contributed by atoms with van der Waals surface area (Å²) in [7, 11) is 2.05. The number of pyridine rings is 1. The van der Waals surface area contributed by atoms with Crippen molar-refractivity contribution in [1.29, 1.82) is 0 Å². The minimum absolute atomic E-state index is 0.446. The molecule has 110 valence electrons. The Hall–Kier alpha value is -1.03. The van der Waals surface area contributed by atoms with Crippen molar-refractivity contribution in [2.45, 2.75) is 29.7 Å². The monoisotopic (exact) mass is 318 g/mol. The van der Waals surface area contributed by atoms with Crippen LogP contribution in [-0.2, 0) is 6.42 Å². The number of rotatable bonds is 5. The maximum atomic E-state index is 5.93. The number of halogens is 1. The average Bonchev–Trinajstić information content (AvgIpc) is 2.94. The summed E-state index contributed by atoms with van der Waals surface area (Å²) >= 11 is 7.81. The fraction of sp³-hybridized carbons (Fsp3) is 0.353. The minimum atomic E-state index is 0.446. The van der Waals surface area contributed by atoms with E-state index in [1.807, 2.05) is 43.2 Å². The van der Waals surface area contributed by atoms with Gasteiger partial charge in [-0.15, -0.1) is 11.8 Å². The second kappa shape index (κ2) is 6.82. The lowest BCUT2D eigenvalue weighted by atomic mass is 9.98. The third kappa shape index (κ3) is 3.42. The Balaban J connectivity index is 1.67. The van der Waals surface area contributed by atoms with E-state index in [9.17, 15) is 0 Å². The van der Waals surface area contributed by atoms with Gasteiger partial charge >= 0.3 is 0 Å². The molecule has 1 heterocycles. The Morgan fingerprint density at radius 3 is 2.90 bits per heavy atom. The van der Waals surface area contributed by atoms with Crippen LogP contribution in [0.2, 0.25) is 5.02 Å². The van der Waals surface area contributed by atoms with Gasteiger partial charge in [0, 0.05) is 39.5 Å². The molecule has 0 saturated heterocycles. The zero-order chi connectivity index (χ0) is 14.7. The van der Waals surface area contributed by atoms with Crippen molar-refractivity contribution in [3.8, 4) is 0 Å². The van der Waals surface area contributed by atoms with Gasteiger partial charge in [-0.25, -0.2) is 0 Å². The number of nitrogens with zero attached hydrogens (tertiary/aromatic N) is 1. The molecule has 0 radical (unpaired) electrons. The summed E-state index contributed by atoms with van der Waals surface area (Å²) in [5.41, 5.74) is 2.70. The zero-order valence-corrected chi connectivity index (χ0v) is 13.6. The van der Waals surface area contributed by atoms with E-state index in [1.165, 1.54) is 22.6 Å². The molecule has 2 atom stereocenters. The number of hydrogen-bond acceptors (Lipinski definition) is 3. The first-order chi connectivity index (χ1) is 10.3. The van der Waals surface area contributed by atoms with Crippen molar-refractivity contribution < 1.29 is 0 Å². The highest BCUT2D eigenvalue weighted by Crippen LogP contribution is 2.35. The predicted molar refractivity (Wildman–Crippen MR) is 90.3 cm³/mol. The van der Waals surface area contributed by atoms with Crippen LogP contribution in [0.15, 0.2) is 47.5 Å². The molecule has 0 amide bonds. The van der Waals surface area contributed by atoms with E-state index in [-0.39, 0.29) is 0 Å². The molecule has 0 saturated carbocycles. The maximum absolute atomic E-state index is 5.93. The normalized spacial score (nSPS) is 18.5. The third-order valence-corrected chi connectivity index (χ3v) is 5.48. The van der Waals surface area contributed by atoms with Gasteiger partial charge in [-0.1, -0.05) is 17.7 Å². The van der Waals surface area contributed by atoms with Crippen LogP contribution in [-0.4, -0.2) is 23.8 Å². The molecule has 21 heavy (non-hydrogen) atoms. The summed E-state index contributed by atoms with van der Waals surface area (Å²) in [4.78, 5) is 5.87. The number of likely N-dealkylation sites (N-methyl/N-ethyl adjacent to an activating group) is 1. The largest absolute Gasteiger partial charge is 0.315 e. The van der Waals surface area contributed by atoms with Gasteiger partial charge in [0.05, 0.1) is 0 Å². The van der Waals surface area contributed by atoms with Gasteiger partial charge in [-0.3, -0.25) is 4.98 Å². The molecule has 0 fully saturated rings. The van der Waals surface area contributed by atoms with E-state index in [2.05, 4.69) is 28.5 Å². The topological polar surface area (TPSA) is 24.9 Å². The molecule has 0 spiro atoms. The molecule has 1 aromatic carbocycles. The SMILES string of the molecule is CNC(CSc1ccc(Cl)cc1)C1CCc2cccnc21. The lowest BCUT2D eigenvalue weighted by Crippen LogP contribution is -2.33. The fourth-order valence-corrected chi connectivity index (χ4v) is 4.18. The first-order valence-corrected chi connectivity index (χ1v) is 8.63. The summed E-state index contributed by atoms with van der Waals surface area (Å²) in [6, 6.07) is 12.8. The number of thioether (sulfide) groups is 1. The first-order valence-electron chi connectivity index (χ1n) is 7.27. The van der Waals surface area contributed by atoms with Crippen molar-refractivity contribution in [2.24, 2.45) is 0 Å². The lowest BCUT2D eigenvalue weighted by molar-refractivity contribution is 0.491. The summed E-state index contributed by atoms with van der Waals surface area (Å²) < 4.78 is 0. The average molecular weight is 319 g/mol. The van der Waals surface area contributed by atoms with E-state index >= 15 is 0 Å². The summed E-state index contributed by atoms with van der Waals surface area (Å²) in [5.74, 6) is 1.56. The van der Waals surface area contributed by atoms with Crippen LogP contribution >= 0.6 is 23.4 Å². The highest BCUT2D eigenvalue weighted by molar-refractivity contribution is 7.99. The molecule has 0 aliphatic heterocycles. The Morgan fingerprint density at radius 2 is 2.14 bits per heavy atom. The van der Waals surface area contributed by atoms with E-state index in [0.717, 1.165) is 17.2 Å². The summed E-state index contributed by atoms with van der Waals surface area (Å²) in [6.07, 6.45) is 4.26. The van der Waals surface area contributed by atoms with Gasteiger partial charge < -0.3 is 5.32 Å². The van der Waals surface area contributed by atoms with Crippen molar-refractivity contribution >= 4 is 23.4 Å². The number of aryl methyl sites for hydroxylation is 1. The Kier molecular flexibility index (Phi) is 4.84. The highest BCUT2D eigenvalue weighted by atomic mass is 35.5. The molecule has 2 unspecified atom stereocenters. The van der Waals surface area contributed by atoms with Crippen LogP contribution < -0.4 is 5.32 Å². The molecular weight excluding hydrogens is 300 g/mol. The second-order valence-electron chi connectivity index (χ2n) is 5.35. The lowest BCUT2D eigenvalue weighted by Gasteiger charge is -2.23. The highest BCUT2D eigenvalue weighted by Gasteiger charge is 2.29. The van der Waals surface area contributed by atoms with Gasteiger partial charge in [0.2, 0.25) is 0 Å². The molecule has 4 heteroatoms. The van der Waals surface area contributed by atoms with Crippen molar-refractivity contribution in [1.82, 2.24) is 10.3 Å². The first kappa shape index (κ1) is 14.9. The number of nitrogens with one attached hydrogen (secondary N) is 1. The van der Waals surface area contributed by atoms with Crippen molar-refractivity contribution in [3.05, 3.63) is 58.9 Å². The van der Waals surface area contributed by atoms with Crippen LogP contribution in [0, 0.1) is 0 Å². The van der Waals surface area contributed by atoms with E-state index in [4.69, 9.17) is 11.6 Å². The van der Waals surface area contributed by atoms with Gasteiger partial charge in [-0.05, 0) is 55.8 Å². The molecule has 1 aromatic heterocycles. The molecular formula is C17H19ClN2S. The quantitative estimate of drug-likeness (QED) is 0.838. The van der Waals surface area contributed by atoms with Crippen molar-refractivity contribution in [3.63, 3.8) is 0 Å². The summed E-state index contributed by atoms with van der Waals surface area (Å²) in [5, 5.41) is 4.27. The Labute approximate surface area is 135 Å². The van der Waals surface area contributed by atoms with E-state index in [1.54, 1.807) is 0 Å². The number of benzene rings is 1. The molecule has 1 aliphatic carbocycles. The van der Waals surface area contributed by atoms with Crippen LogP contribution in [0.3, 0.4) is 0 Å². The van der Waals surface area contributed by atoms with Crippen LogP contribution in [0.25, 0.3) is 0 Å². The van der Waals surface area contributed by atoms with Crippen LogP contribution in [0.4, 0.5) is 0 Å².